The third kappa shape index (κ3) is 5.04. The van der Waals surface area contributed by atoms with Crippen LogP contribution in [0.4, 0.5) is 0 Å². The molecule has 0 aliphatic carbocycles. The van der Waals surface area contributed by atoms with Gasteiger partial charge in [0.2, 0.25) is 10.0 Å². The second-order valence-corrected chi connectivity index (χ2v) is 8.77. The van der Waals surface area contributed by atoms with E-state index in [2.05, 4.69) is 9.71 Å². The molecule has 2 aromatic carbocycles. The van der Waals surface area contributed by atoms with Crippen LogP contribution < -0.4 is 4.72 Å². The van der Waals surface area contributed by atoms with Crippen LogP contribution in [0, 0.1) is 0 Å². The fourth-order valence-electron chi connectivity index (χ4n) is 3.26. The largest absolute Gasteiger partial charge is 0.503 e. The molecule has 0 atom stereocenters. The second-order valence-electron chi connectivity index (χ2n) is 7.02. The van der Waals surface area contributed by atoms with Crippen molar-refractivity contribution in [2.75, 3.05) is 7.11 Å². The summed E-state index contributed by atoms with van der Waals surface area (Å²) in [5.41, 5.74) is 5.27. The molecule has 0 saturated carbocycles. The van der Waals surface area contributed by atoms with Gasteiger partial charge in [-0.15, -0.1) is 0 Å². The minimum Gasteiger partial charge on any atom is -0.503 e. The molecule has 4 aromatic rings. The smallest absolute Gasteiger partial charge is 0.236 e. The predicted molar refractivity (Wildman–Crippen MR) is 124 cm³/mol. The number of hydrogen-bond acceptors (Lipinski definition) is 5. The van der Waals surface area contributed by atoms with Crippen LogP contribution in [0.5, 0.6) is 0 Å². The molecule has 7 nitrogen and oxygen atoms in total. The van der Waals surface area contributed by atoms with Crippen molar-refractivity contribution in [2.45, 2.75) is 5.75 Å². The molecule has 32 heavy (non-hydrogen) atoms. The molecule has 2 aromatic heterocycles. The topological polar surface area (TPSA) is 86.1 Å². The quantitative estimate of drug-likeness (QED) is 0.411. The molecule has 4 rings (SSSR count). The average molecular weight is 447 g/mol. The number of rotatable bonds is 8. The van der Waals surface area contributed by atoms with Gasteiger partial charge in [0.15, 0.2) is 0 Å². The van der Waals surface area contributed by atoms with Crippen molar-refractivity contribution < 1.29 is 13.2 Å². The third-order valence-corrected chi connectivity index (χ3v) is 5.97. The zero-order chi connectivity index (χ0) is 22.4. The van der Waals surface area contributed by atoms with Gasteiger partial charge in [0.1, 0.15) is 5.69 Å². The van der Waals surface area contributed by atoms with E-state index in [0.717, 1.165) is 28.1 Å². The van der Waals surface area contributed by atoms with Gasteiger partial charge in [0.05, 0.1) is 24.8 Å². The first-order chi connectivity index (χ1) is 15.6. The molecule has 162 valence electrons. The lowest BCUT2D eigenvalue weighted by molar-refractivity contribution is 0.336. The Morgan fingerprint density at radius 2 is 1.69 bits per heavy atom. The van der Waals surface area contributed by atoms with E-state index in [4.69, 9.17) is 9.84 Å². The van der Waals surface area contributed by atoms with E-state index in [0.29, 0.717) is 5.56 Å². The van der Waals surface area contributed by atoms with E-state index in [1.165, 1.54) is 19.6 Å². The van der Waals surface area contributed by atoms with Gasteiger partial charge in [-0.1, -0.05) is 42.5 Å². The van der Waals surface area contributed by atoms with E-state index in [1.54, 1.807) is 12.4 Å². The van der Waals surface area contributed by atoms with Crippen molar-refractivity contribution in [1.29, 1.82) is 0 Å². The Balaban J connectivity index is 1.67. The maximum absolute atomic E-state index is 12.2. The SMILES string of the molecule is COC=CNS(=O)(=O)Cc1ccc(-c2cn(-c3ccccc3)nc2-c2ccncc2)cc1. The minimum absolute atomic E-state index is 0.137. The van der Waals surface area contributed by atoms with E-state index in [1.807, 2.05) is 77.6 Å². The Hall–Kier alpha value is -3.91. The highest BCUT2D eigenvalue weighted by Crippen LogP contribution is 2.32. The van der Waals surface area contributed by atoms with Gasteiger partial charge in [-0.25, -0.2) is 13.1 Å². The number of hydrogen-bond donors (Lipinski definition) is 1. The summed E-state index contributed by atoms with van der Waals surface area (Å²) in [7, 11) is -2.06. The van der Waals surface area contributed by atoms with Crippen LogP contribution >= 0.6 is 0 Å². The maximum atomic E-state index is 12.2. The predicted octanol–water partition coefficient (Wildman–Crippen LogP) is 4.14. The number of pyridine rings is 1. The lowest BCUT2D eigenvalue weighted by Crippen LogP contribution is -2.19. The fourth-order valence-corrected chi connectivity index (χ4v) is 4.24. The number of aromatic nitrogens is 3. The van der Waals surface area contributed by atoms with Crippen LogP contribution in [-0.2, 0) is 20.5 Å². The van der Waals surface area contributed by atoms with Gasteiger partial charge in [0.25, 0.3) is 0 Å². The molecule has 0 amide bonds. The van der Waals surface area contributed by atoms with E-state index < -0.39 is 10.0 Å². The van der Waals surface area contributed by atoms with Crippen LogP contribution in [0.1, 0.15) is 5.56 Å². The zero-order valence-corrected chi connectivity index (χ0v) is 18.2. The Kier molecular flexibility index (Phi) is 6.32. The highest BCUT2D eigenvalue weighted by molar-refractivity contribution is 7.88. The first-order valence-corrected chi connectivity index (χ1v) is 11.5. The van der Waals surface area contributed by atoms with Crippen LogP contribution in [0.2, 0.25) is 0 Å². The van der Waals surface area contributed by atoms with Crippen molar-refractivity contribution >= 4 is 10.0 Å². The normalized spacial score (nSPS) is 11.5. The summed E-state index contributed by atoms with van der Waals surface area (Å²) in [5, 5.41) is 4.81. The lowest BCUT2D eigenvalue weighted by Gasteiger charge is -2.06. The number of benzene rings is 2. The summed E-state index contributed by atoms with van der Waals surface area (Å²) in [6, 6.07) is 21.2. The van der Waals surface area contributed by atoms with Gasteiger partial charge in [-0.3, -0.25) is 9.71 Å². The molecule has 0 aliphatic heterocycles. The average Bonchev–Trinajstić information content (AvgIpc) is 3.26. The number of ether oxygens (including phenoxy) is 1. The van der Waals surface area contributed by atoms with Crippen LogP contribution in [0.25, 0.3) is 28.1 Å². The van der Waals surface area contributed by atoms with Gasteiger partial charge in [-0.05, 0) is 35.4 Å². The molecule has 8 heteroatoms. The molecule has 0 saturated heterocycles. The molecule has 2 heterocycles. The van der Waals surface area contributed by atoms with Gasteiger partial charge < -0.3 is 4.74 Å². The van der Waals surface area contributed by atoms with Gasteiger partial charge in [-0.2, -0.15) is 5.10 Å². The summed E-state index contributed by atoms with van der Waals surface area (Å²) in [6.45, 7) is 0. The van der Waals surface area contributed by atoms with Crippen LogP contribution in [-0.4, -0.2) is 30.3 Å². The number of nitrogens with one attached hydrogen (secondary N) is 1. The minimum atomic E-state index is -3.51. The van der Waals surface area contributed by atoms with Crippen molar-refractivity contribution in [3.8, 4) is 28.1 Å². The third-order valence-electron chi connectivity index (χ3n) is 4.76. The van der Waals surface area contributed by atoms with Crippen molar-refractivity contribution in [1.82, 2.24) is 19.5 Å². The standard InChI is InChI=1S/C24H22N4O3S/c1-31-16-15-26-32(29,30)18-19-7-9-20(10-8-19)23-17-28(22-5-3-2-4-6-22)27-24(23)21-11-13-25-14-12-21/h2-17,26H,18H2,1H3. The Labute approximate surface area is 187 Å². The van der Waals surface area contributed by atoms with Gasteiger partial charge in [0, 0.05) is 35.9 Å². The van der Waals surface area contributed by atoms with E-state index in [-0.39, 0.29) is 5.75 Å². The first-order valence-electron chi connectivity index (χ1n) is 9.88. The van der Waals surface area contributed by atoms with Crippen LogP contribution in [0.3, 0.4) is 0 Å². The fraction of sp³-hybridized carbons (Fsp3) is 0.0833. The maximum Gasteiger partial charge on any atom is 0.236 e. The highest BCUT2D eigenvalue weighted by atomic mass is 32.2. The summed E-state index contributed by atoms with van der Waals surface area (Å²) < 4.78 is 33.3. The number of sulfonamides is 1. The van der Waals surface area contributed by atoms with E-state index >= 15 is 0 Å². The molecule has 0 bridgehead atoms. The Bertz CT molecular complexity index is 1300. The summed E-state index contributed by atoms with van der Waals surface area (Å²) in [4.78, 5) is 4.10. The Morgan fingerprint density at radius 1 is 0.969 bits per heavy atom. The molecule has 0 spiro atoms. The summed E-state index contributed by atoms with van der Waals surface area (Å²) in [5.74, 6) is -0.137. The first kappa shape index (κ1) is 21.3. The van der Waals surface area contributed by atoms with Crippen molar-refractivity contribution in [3.05, 3.63) is 103 Å². The monoisotopic (exact) mass is 446 g/mol. The Morgan fingerprint density at radius 3 is 2.38 bits per heavy atom. The molecule has 0 aliphatic rings. The van der Waals surface area contributed by atoms with E-state index in [9.17, 15) is 8.42 Å². The van der Waals surface area contributed by atoms with Crippen molar-refractivity contribution in [3.63, 3.8) is 0 Å². The summed E-state index contributed by atoms with van der Waals surface area (Å²) in [6.07, 6.45) is 7.97. The molecule has 1 N–H and O–H groups in total. The van der Waals surface area contributed by atoms with Crippen LogP contribution in [0.15, 0.2) is 97.8 Å². The molecule has 0 fully saturated rings. The number of para-hydroxylation sites is 1. The number of nitrogens with zero attached hydrogens (tertiary/aromatic N) is 3. The summed E-state index contributed by atoms with van der Waals surface area (Å²) >= 11 is 0. The number of methoxy groups -OCH3 is 1. The second kappa shape index (κ2) is 9.49. The zero-order valence-electron chi connectivity index (χ0n) is 17.4. The highest BCUT2D eigenvalue weighted by Gasteiger charge is 2.15. The van der Waals surface area contributed by atoms with Gasteiger partial charge >= 0.3 is 0 Å². The molecular weight excluding hydrogens is 424 g/mol. The molecule has 0 unspecified atom stereocenters. The lowest BCUT2D eigenvalue weighted by atomic mass is 10.0. The molecular formula is C24H22N4O3S. The molecule has 0 radical (unpaired) electrons. The van der Waals surface area contributed by atoms with Crippen molar-refractivity contribution in [2.24, 2.45) is 0 Å².